The minimum absolute atomic E-state index is 0.830. The van der Waals surface area contributed by atoms with Gasteiger partial charge in [-0.15, -0.1) is 0 Å². The van der Waals surface area contributed by atoms with E-state index in [0.29, 0.717) is 0 Å². The van der Waals surface area contributed by atoms with E-state index < -0.39 is 0 Å². The summed E-state index contributed by atoms with van der Waals surface area (Å²) >= 11 is 1.26. The molecule has 0 unspecified atom stereocenters. The summed E-state index contributed by atoms with van der Waals surface area (Å²) in [5.41, 5.74) is 2.45. The summed E-state index contributed by atoms with van der Waals surface area (Å²) in [5.74, 6) is 1.73. The van der Waals surface area contributed by atoms with Crippen molar-refractivity contribution in [1.29, 1.82) is 0 Å². The summed E-state index contributed by atoms with van der Waals surface area (Å²) < 4.78 is 11.1. The Balaban J connectivity index is 2.09. The molecule has 0 atom stereocenters. The third kappa shape index (κ3) is 3.14. The van der Waals surface area contributed by atoms with Gasteiger partial charge in [-0.25, -0.2) is 0 Å². The lowest BCUT2D eigenvalue weighted by molar-refractivity contribution is 0.415. The maximum atomic E-state index is 5.58. The maximum Gasteiger partial charge on any atom is 0.127 e. The molecule has 0 aliphatic carbocycles. The van der Waals surface area contributed by atoms with Gasteiger partial charge >= 0.3 is 0 Å². The molecule has 118 valence electrons. The van der Waals surface area contributed by atoms with Gasteiger partial charge in [-0.2, -0.15) is 0 Å². The molecule has 0 saturated carbocycles. The van der Waals surface area contributed by atoms with Crippen molar-refractivity contribution in [3.8, 4) is 11.5 Å². The van der Waals surface area contributed by atoms with Crippen molar-refractivity contribution in [2.45, 2.75) is 11.3 Å². The van der Waals surface area contributed by atoms with Crippen molar-refractivity contribution < 1.29 is 9.47 Å². The van der Waals surface area contributed by atoms with Crippen LogP contribution in [0.15, 0.2) is 59.5 Å². The summed E-state index contributed by atoms with van der Waals surface area (Å²) in [6, 6.07) is 18.5. The number of hydrogen-bond acceptors (Lipinski definition) is 4. The van der Waals surface area contributed by atoms with Crippen LogP contribution in [-0.4, -0.2) is 14.2 Å². The van der Waals surface area contributed by atoms with Crippen molar-refractivity contribution in [2.75, 3.05) is 14.2 Å². The highest BCUT2D eigenvalue weighted by atomic mass is 32.2. The lowest BCUT2D eigenvalue weighted by Crippen LogP contribution is -1.95. The van der Waals surface area contributed by atoms with Gasteiger partial charge in [0.05, 0.1) is 14.2 Å². The highest BCUT2D eigenvalue weighted by molar-refractivity contribution is 7.97. The lowest BCUT2D eigenvalue weighted by atomic mass is 9.97. The monoisotopic (exact) mass is 325 g/mol. The average Bonchev–Trinajstić information content (AvgIpc) is 2.62. The third-order valence-corrected chi connectivity index (χ3v) is 4.49. The number of nitrogens with two attached hydrogens (primary N) is 1. The molecule has 3 aromatic rings. The number of hydrogen-bond donors (Lipinski definition) is 1. The quantitative estimate of drug-likeness (QED) is 0.706. The second-order valence-electron chi connectivity index (χ2n) is 5.25. The predicted octanol–water partition coefficient (Wildman–Crippen LogP) is 4.41. The van der Waals surface area contributed by atoms with Crippen LogP contribution in [0.5, 0.6) is 11.5 Å². The maximum absolute atomic E-state index is 5.58. The molecule has 0 radical (unpaired) electrons. The molecule has 0 amide bonds. The zero-order valence-corrected chi connectivity index (χ0v) is 14.0. The van der Waals surface area contributed by atoms with Crippen LogP contribution in [0, 0.1) is 0 Å². The van der Waals surface area contributed by atoms with Crippen LogP contribution in [-0.2, 0) is 6.42 Å². The first kappa shape index (κ1) is 15.7. The second-order valence-corrected chi connectivity index (χ2v) is 5.96. The zero-order valence-electron chi connectivity index (χ0n) is 13.2. The van der Waals surface area contributed by atoms with Crippen molar-refractivity contribution in [2.24, 2.45) is 5.14 Å². The van der Waals surface area contributed by atoms with E-state index in [1.807, 2.05) is 30.3 Å². The van der Waals surface area contributed by atoms with Gasteiger partial charge in [-0.3, -0.25) is 5.14 Å². The molecule has 0 aromatic heterocycles. The van der Waals surface area contributed by atoms with Gasteiger partial charge in [0.1, 0.15) is 11.5 Å². The van der Waals surface area contributed by atoms with Crippen LogP contribution in [0.2, 0.25) is 0 Å². The fourth-order valence-corrected chi connectivity index (χ4v) is 3.11. The molecular weight excluding hydrogens is 306 g/mol. The first-order chi connectivity index (χ1) is 11.3. The lowest BCUT2D eigenvalue weighted by Gasteiger charge is -2.14. The molecule has 0 bridgehead atoms. The Hall–Kier alpha value is -2.17. The Labute approximate surface area is 140 Å². The predicted molar refractivity (Wildman–Crippen MR) is 96.3 cm³/mol. The summed E-state index contributed by atoms with van der Waals surface area (Å²) in [5, 5.41) is 7.75. The fraction of sp³-hybridized carbons (Fsp3) is 0.158. The first-order valence-corrected chi connectivity index (χ1v) is 8.23. The van der Waals surface area contributed by atoms with Crippen LogP contribution < -0.4 is 14.6 Å². The Morgan fingerprint density at radius 1 is 0.870 bits per heavy atom. The van der Waals surface area contributed by atoms with Gasteiger partial charge in [0.15, 0.2) is 0 Å². The SMILES string of the molecule is COc1ccc(Cc2ccc(SN)cc2)c2c(OC)cccc12. The van der Waals surface area contributed by atoms with Gasteiger partial charge in [0.25, 0.3) is 0 Å². The number of rotatable bonds is 5. The van der Waals surface area contributed by atoms with E-state index in [1.54, 1.807) is 14.2 Å². The van der Waals surface area contributed by atoms with Crippen molar-refractivity contribution in [3.63, 3.8) is 0 Å². The van der Waals surface area contributed by atoms with Gasteiger partial charge < -0.3 is 9.47 Å². The van der Waals surface area contributed by atoms with Crippen LogP contribution in [0.25, 0.3) is 10.8 Å². The van der Waals surface area contributed by atoms with E-state index in [2.05, 4.69) is 24.3 Å². The Bertz CT molecular complexity index is 815. The van der Waals surface area contributed by atoms with Gasteiger partial charge in [0, 0.05) is 15.7 Å². The highest BCUT2D eigenvalue weighted by Gasteiger charge is 2.11. The smallest absolute Gasteiger partial charge is 0.127 e. The Morgan fingerprint density at radius 3 is 2.26 bits per heavy atom. The molecule has 0 spiro atoms. The van der Waals surface area contributed by atoms with Crippen LogP contribution in [0.1, 0.15) is 11.1 Å². The summed E-state index contributed by atoms with van der Waals surface area (Å²) in [6.45, 7) is 0. The van der Waals surface area contributed by atoms with Crippen LogP contribution in [0.3, 0.4) is 0 Å². The van der Waals surface area contributed by atoms with Gasteiger partial charge in [-0.05, 0) is 53.8 Å². The Morgan fingerprint density at radius 2 is 1.61 bits per heavy atom. The standard InChI is InChI=1S/C19H19NO2S/c1-21-17-11-8-14(12-13-6-9-15(23-20)10-7-13)19-16(17)4-3-5-18(19)22-2/h3-11H,12,20H2,1-2H3. The van der Waals surface area contributed by atoms with E-state index in [-0.39, 0.29) is 0 Å². The molecule has 0 aliphatic heterocycles. The number of methoxy groups -OCH3 is 2. The van der Waals surface area contributed by atoms with E-state index in [9.17, 15) is 0 Å². The molecule has 0 saturated heterocycles. The number of fused-ring (bicyclic) bond motifs is 1. The normalized spacial score (nSPS) is 10.7. The largest absolute Gasteiger partial charge is 0.496 e. The molecule has 4 heteroatoms. The van der Waals surface area contributed by atoms with E-state index in [4.69, 9.17) is 14.6 Å². The topological polar surface area (TPSA) is 44.5 Å². The van der Waals surface area contributed by atoms with Crippen molar-refractivity contribution >= 4 is 22.7 Å². The minimum atomic E-state index is 0.830. The molecule has 23 heavy (non-hydrogen) atoms. The number of ether oxygens (including phenoxy) is 2. The zero-order chi connectivity index (χ0) is 16.2. The third-order valence-electron chi connectivity index (χ3n) is 3.94. The highest BCUT2D eigenvalue weighted by Crippen LogP contribution is 2.36. The summed E-state index contributed by atoms with van der Waals surface area (Å²) in [6.07, 6.45) is 0.830. The van der Waals surface area contributed by atoms with Crippen LogP contribution in [0.4, 0.5) is 0 Å². The Kier molecular flexibility index (Phi) is 4.74. The fourth-order valence-electron chi connectivity index (χ4n) is 2.82. The van der Waals surface area contributed by atoms with Crippen molar-refractivity contribution in [1.82, 2.24) is 0 Å². The van der Waals surface area contributed by atoms with Crippen molar-refractivity contribution in [3.05, 3.63) is 65.7 Å². The van der Waals surface area contributed by atoms with E-state index in [0.717, 1.165) is 33.6 Å². The molecule has 0 aliphatic rings. The molecular formula is C19H19NO2S. The molecule has 3 rings (SSSR count). The summed E-state index contributed by atoms with van der Waals surface area (Å²) in [7, 11) is 3.39. The van der Waals surface area contributed by atoms with Gasteiger partial charge in [0.2, 0.25) is 0 Å². The summed E-state index contributed by atoms with van der Waals surface area (Å²) in [4.78, 5) is 1.06. The average molecular weight is 325 g/mol. The molecule has 2 N–H and O–H groups in total. The molecule has 0 fully saturated rings. The van der Waals surface area contributed by atoms with Gasteiger partial charge in [-0.1, -0.05) is 30.3 Å². The van der Waals surface area contributed by atoms with Crippen LogP contribution >= 0.6 is 11.9 Å². The molecule has 3 nitrogen and oxygen atoms in total. The number of benzene rings is 3. The molecule has 3 aromatic carbocycles. The molecule has 0 heterocycles. The second kappa shape index (κ2) is 6.94. The van der Waals surface area contributed by atoms with E-state index >= 15 is 0 Å². The first-order valence-electron chi connectivity index (χ1n) is 7.35. The van der Waals surface area contributed by atoms with E-state index in [1.165, 1.54) is 23.1 Å². The minimum Gasteiger partial charge on any atom is -0.496 e.